The summed E-state index contributed by atoms with van der Waals surface area (Å²) in [5.74, 6) is -0.0984. The van der Waals surface area contributed by atoms with Gasteiger partial charge in [-0.05, 0) is 49.5 Å². The topological polar surface area (TPSA) is 68.5 Å². The van der Waals surface area contributed by atoms with E-state index in [9.17, 15) is 9.59 Å². The van der Waals surface area contributed by atoms with Gasteiger partial charge < -0.3 is 14.5 Å². The Bertz CT molecular complexity index is 743. The van der Waals surface area contributed by atoms with Crippen LogP contribution in [0.3, 0.4) is 0 Å². The molecule has 0 saturated carbocycles. The van der Waals surface area contributed by atoms with E-state index >= 15 is 0 Å². The third-order valence-corrected chi connectivity index (χ3v) is 4.95. The van der Waals surface area contributed by atoms with Crippen molar-refractivity contribution in [1.82, 2.24) is 0 Å². The molecule has 0 fully saturated rings. The summed E-state index contributed by atoms with van der Waals surface area (Å²) in [5.41, 5.74) is 1.53. The smallest absolute Gasteiger partial charge is 0.341 e. The van der Waals surface area contributed by atoms with Gasteiger partial charge in [0.25, 0.3) is 0 Å². The first-order valence-electron chi connectivity index (χ1n) is 7.44. The summed E-state index contributed by atoms with van der Waals surface area (Å²) in [6, 6.07) is 3.51. The van der Waals surface area contributed by atoms with E-state index < -0.39 is 5.97 Å². The zero-order valence-electron chi connectivity index (χ0n) is 12.8. The highest BCUT2D eigenvalue weighted by Crippen LogP contribution is 2.38. The number of carbonyl (C=O) groups is 2. The molecule has 0 atom stereocenters. The van der Waals surface area contributed by atoms with Crippen LogP contribution in [0.5, 0.6) is 0 Å². The molecule has 2 heterocycles. The number of nitrogens with one attached hydrogen (secondary N) is 1. The number of anilines is 1. The van der Waals surface area contributed by atoms with Crippen molar-refractivity contribution in [2.24, 2.45) is 0 Å². The number of methoxy groups -OCH3 is 1. The highest BCUT2D eigenvalue weighted by Gasteiger charge is 2.26. The lowest BCUT2D eigenvalue weighted by Crippen LogP contribution is -2.13. The lowest BCUT2D eigenvalue weighted by molar-refractivity contribution is -0.111. The van der Waals surface area contributed by atoms with Crippen molar-refractivity contribution in [2.75, 3.05) is 12.4 Å². The number of esters is 1. The number of furan rings is 1. The van der Waals surface area contributed by atoms with Crippen LogP contribution >= 0.6 is 11.3 Å². The Morgan fingerprint density at radius 2 is 2.17 bits per heavy atom. The lowest BCUT2D eigenvalue weighted by Gasteiger charge is -2.11. The molecule has 0 aromatic carbocycles. The summed E-state index contributed by atoms with van der Waals surface area (Å²) in [6.45, 7) is 0. The van der Waals surface area contributed by atoms with E-state index in [1.807, 2.05) is 0 Å². The van der Waals surface area contributed by atoms with Crippen molar-refractivity contribution in [3.05, 3.63) is 46.2 Å². The van der Waals surface area contributed by atoms with Crippen LogP contribution in [0.4, 0.5) is 5.00 Å². The molecule has 1 N–H and O–H groups in total. The monoisotopic (exact) mass is 331 g/mol. The quantitative estimate of drug-likeness (QED) is 0.686. The zero-order chi connectivity index (χ0) is 16.2. The molecule has 6 heteroatoms. The first-order chi connectivity index (χ1) is 11.2. The number of amides is 1. The van der Waals surface area contributed by atoms with Crippen LogP contribution in [0.25, 0.3) is 6.08 Å². The fourth-order valence-electron chi connectivity index (χ4n) is 2.67. The Balaban J connectivity index is 1.83. The Hall–Kier alpha value is -2.34. The summed E-state index contributed by atoms with van der Waals surface area (Å²) < 4.78 is 10.0. The summed E-state index contributed by atoms with van der Waals surface area (Å²) >= 11 is 1.47. The highest BCUT2D eigenvalue weighted by atomic mass is 32.1. The molecule has 5 nitrogen and oxygen atoms in total. The van der Waals surface area contributed by atoms with Gasteiger partial charge in [0.2, 0.25) is 5.91 Å². The van der Waals surface area contributed by atoms with E-state index in [2.05, 4.69) is 5.32 Å². The summed E-state index contributed by atoms with van der Waals surface area (Å²) in [5, 5.41) is 3.36. The fourth-order valence-corrected chi connectivity index (χ4v) is 3.95. The predicted molar refractivity (Wildman–Crippen MR) is 88.7 cm³/mol. The predicted octanol–water partition coefficient (Wildman–Crippen LogP) is 3.66. The Morgan fingerprint density at radius 1 is 1.35 bits per heavy atom. The molecule has 1 aliphatic carbocycles. The van der Waals surface area contributed by atoms with Gasteiger partial charge in [0, 0.05) is 11.0 Å². The second-order valence-electron chi connectivity index (χ2n) is 5.24. The molecule has 0 radical (unpaired) electrons. The molecule has 3 rings (SSSR count). The molecule has 0 unspecified atom stereocenters. The summed E-state index contributed by atoms with van der Waals surface area (Å²) in [6.07, 6.45) is 8.48. The van der Waals surface area contributed by atoms with Gasteiger partial charge in [-0.25, -0.2) is 4.79 Å². The molecule has 0 aliphatic heterocycles. The number of hydrogen-bond acceptors (Lipinski definition) is 5. The van der Waals surface area contributed by atoms with Crippen LogP contribution in [0, 0.1) is 0 Å². The van der Waals surface area contributed by atoms with Crippen LogP contribution in [0.1, 0.15) is 39.4 Å². The van der Waals surface area contributed by atoms with Crippen molar-refractivity contribution in [3.8, 4) is 0 Å². The second kappa shape index (κ2) is 6.83. The van der Waals surface area contributed by atoms with E-state index in [1.165, 1.54) is 29.4 Å². The normalized spacial score (nSPS) is 13.8. The average Bonchev–Trinajstić information content (AvgIpc) is 3.19. The van der Waals surface area contributed by atoms with Gasteiger partial charge in [0.1, 0.15) is 10.8 Å². The Morgan fingerprint density at radius 3 is 2.91 bits per heavy atom. The third kappa shape index (κ3) is 3.37. The Kier molecular flexibility index (Phi) is 4.62. The van der Waals surface area contributed by atoms with Gasteiger partial charge >= 0.3 is 5.97 Å². The van der Waals surface area contributed by atoms with Crippen LogP contribution in [0.15, 0.2) is 28.9 Å². The standard InChI is InChI=1S/C17H17NO4S/c1-21-17(20)15-12-6-2-3-7-13(12)23-16(15)18-14(19)9-8-11-5-4-10-22-11/h4-5,8-10H,2-3,6-7H2,1H3,(H,18,19)/b9-8+. The molecular weight excluding hydrogens is 314 g/mol. The van der Waals surface area contributed by atoms with Gasteiger partial charge in [0.15, 0.2) is 0 Å². The van der Waals surface area contributed by atoms with Gasteiger partial charge in [-0.2, -0.15) is 0 Å². The van der Waals surface area contributed by atoms with Gasteiger partial charge in [0.05, 0.1) is 18.9 Å². The number of ether oxygens (including phenoxy) is 1. The maximum absolute atomic E-state index is 12.1. The molecule has 23 heavy (non-hydrogen) atoms. The van der Waals surface area contributed by atoms with Crippen molar-refractivity contribution < 1.29 is 18.7 Å². The van der Waals surface area contributed by atoms with Gasteiger partial charge in [-0.1, -0.05) is 0 Å². The Labute approximate surface area is 137 Å². The molecule has 120 valence electrons. The molecule has 2 aromatic heterocycles. The SMILES string of the molecule is COC(=O)c1c(NC(=O)/C=C/c2ccco2)sc2c1CCCC2. The van der Waals surface area contributed by atoms with E-state index in [-0.39, 0.29) is 5.91 Å². The number of hydrogen-bond donors (Lipinski definition) is 1. The third-order valence-electron chi connectivity index (χ3n) is 3.74. The lowest BCUT2D eigenvalue weighted by atomic mass is 9.95. The highest BCUT2D eigenvalue weighted by molar-refractivity contribution is 7.17. The minimum Gasteiger partial charge on any atom is -0.465 e. The van der Waals surface area contributed by atoms with E-state index in [0.29, 0.717) is 16.3 Å². The summed E-state index contributed by atoms with van der Waals surface area (Å²) in [4.78, 5) is 25.4. The fraction of sp³-hybridized carbons (Fsp3) is 0.294. The molecule has 2 aromatic rings. The summed E-state index contributed by atoms with van der Waals surface area (Å²) in [7, 11) is 1.36. The molecule has 0 saturated heterocycles. The minimum absolute atomic E-state index is 0.301. The molecule has 0 spiro atoms. The minimum atomic E-state index is -0.394. The van der Waals surface area contributed by atoms with Crippen molar-refractivity contribution >= 4 is 34.3 Å². The second-order valence-corrected chi connectivity index (χ2v) is 6.35. The van der Waals surface area contributed by atoms with Crippen molar-refractivity contribution in [2.45, 2.75) is 25.7 Å². The van der Waals surface area contributed by atoms with E-state index in [0.717, 1.165) is 31.2 Å². The van der Waals surface area contributed by atoms with Gasteiger partial charge in [-0.3, -0.25) is 4.79 Å². The van der Waals surface area contributed by atoms with E-state index in [4.69, 9.17) is 9.15 Å². The maximum atomic E-state index is 12.1. The van der Waals surface area contributed by atoms with Crippen LogP contribution in [-0.4, -0.2) is 19.0 Å². The number of fused-ring (bicyclic) bond motifs is 1. The molecule has 1 aliphatic rings. The molecule has 0 bridgehead atoms. The number of aryl methyl sites for hydroxylation is 1. The zero-order valence-corrected chi connectivity index (χ0v) is 13.6. The number of carbonyl (C=O) groups excluding carboxylic acids is 2. The molecule has 1 amide bonds. The molecular formula is C17H17NO4S. The maximum Gasteiger partial charge on any atom is 0.341 e. The van der Waals surface area contributed by atoms with Crippen LogP contribution in [-0.2, 0) is 22.4 Å². The number of rotatable bonds is 4. The average molecular weight is 331 g/mol. The van der Waals surface area contributed by atoms with E-state index in [1.54, 1.807) is 24.5 Å². The number of thiophene rings is 1. The van der Waals surface area contributed by atoms with Gasteiger partial charge in [-0.15, -0.1) is 11.3 Å². The largest absolute Gasteiger partial charge is 0.465 e. The van der Waals surface area contributed by atoms with Crippen molar-refractivity contribution in [3.63, 3.8) is 0 Å². The first-order valence-corrected chi connectivity index (χ1v) is 8.26. The van der Waals surface area contributed by atoms with Crippen LogP contribution in [0.2, 0.25) is 0 Å². The van der Waals surface area contributed by atoms with Crippen molar-refractivity contribution in [1.29, 1.82) is 0 Å². The van der Waals surface area contributed by atoms with Crippen LogP contribution < -0.4 is 5.32 Å². The first kappa shape index (κ1) is 15.6.